The summed E-state index contributed by atoms with van der Waals surface area (Å²) < 4.78 is 24.4. The molecular weight excluding hydrogens is 328 g/mol. The number of pyridine rings is 1. The van der Waals surface area contributed by atoms with Gasteiger partial charge in [0.25, 0.3) is 0 Å². The lowest BCUT2D eigenvalue weighted by Crippen LogP contribution is -2.53. The molecule has 1 aromatic heterocycles. The minimum Gasteiger partial charge on any atom is -0.309 e. The van der Waals surface area contributed by atoms with Crippen LogP contribution in [0.1, 0.15) is 6.92 Å². The van der Waals surface area contributed by atoms with Crippen LogP contribution in [0.25, 0.3) is 0 Å². The van der Waals surface area contributed by atoms with E-state index in [0.717, 1.165) is 0 Å². The normalized spacial score (nSPS) is 18.9. The molecule has 0 saturated carbocycles. The Bertz CT molecular complexity index is 627. The Balaban J connectivity index is 1.90. The smallest absolute Gasteiger partial charge is 0.242 e. The number of nitrogens with one attached hydrogen (secondary N) is 1. The van der Waals surface area contributed by atoms with Gasteiger partial charge in [-0.3, -0.25) is 9.69 Å². The summed E-state index contributed by atoms with van der Waals surface area (Å²) in [7, 11) is -3.16. The molecule has 22 heavy (non-hydrogen) atoms. The fourth-order valence-corrected chi connectivity index (χ4v) is 3.21. The zero-order chi connectivity index (χ0) is 16.3. The van der Waals surface area contributed by atoms with Crippen LogP contribution in [0.5, 0.6) is 0 Å². The molecule has 7 nitrogen and oxygen atoms in total. The molecule has 122 valence electrons. The standard InChI is InChI=1S/C13H19ClN4O3S/c1-10(13(19)16-12-4-3-11(14)9-15-12)17-5-7-18(8-6-17)22(2,20)21/h3-4,9-10H,5-8H2,1-2H3,(H,15,16,19)/t10-/m0/s1. The molecule has 1 aliphatic heterocycles. The van der Waals surface area contributed by atoms with E-state index in [1.54, 1.807) is 19.1 Å². The van der Waals surface area contributed by atoms with Crippen molar-refractivity contribution in [1.29, 1.82) is 0 Å². The second kappa shape index (κ2) is 6.91. The zero-order valence-corrected chi connectivity index (χ0v) is 14.1. The van der Waals surface area contributed by atoms with Crippen LogP contribution in [0.3, 0.4) is 0 Å². The fraction of sp³-hybridized carbons (Fsp3) is 0.538. The third kappa shape index (κ3) is 4.39. The van der Waals surface area contributed by atoms with Gasteiger partial charge in [-0.2, -0.15) is 4.31 Å². The molecule has 0 radical (unpaired) electrons. The number of halogens is 1. The van der Waals surface area contributed by atoms with Gasteiger partial charge in [0, 0.05) is 32.4 Å². The number of piperazine rings is 1. The highest BCUT2D eigenvalue weighted by Crippen LogP contribution is 2.13. The number of carbonyl (C=O) groups excluding carboxylic acids is 1. The van der Waals surface area contributed by atoms with E-state index in [1.807, 2.05) is 4.90 Å². The Kier molecular flexibility index (Phi) is 5.38. The van der Waals surface area contributed by atoms with Crippen molar-refractivity contribution in [3.8, 4) is 0 Å². The van der Waals surface area contributed by atoms with Crippen LogP contribution >= 0.6 is 11.6 Å². The van der Waals surface area contributed by atoms with E-state index in [1.165, 1.54) is 16.8 Å². The summed E-state index contributed by atoms with van der Waals surface area (Å²) in [5, 5.41) is 3.23. The first-order valence-electron chi connectivity index (χ1n) is 6.89. The first kappa shape index (κ1) is 17.1. The van der Waals surface area contributed by atoms with Crippen molar-refractivity contribution in [1.82, 2.24) is 14.2 Å². The molecule has 1 aliphatic rings. The van der Waals surface area contributed by atoms with Gasteiger partial charge in [-0.05, 0) is 19.1 Å². The van der Waals surface area contributed by atoms with Crippen LogP contribution in [-0.2, 0) is 14.8 Å². The molecule has 0 bridgehead atoms. The summed E-state index contributed by atoms with van der Waals surface area (Å²) >= 11 is 5.75. The van der Waals surface area contributed by atoms with Crippen molar-refractivity contribution in [2.24, 2.45) is 0 Å². The third-order valence-corrected chi connectivity index (χ3v) is 5.17. The van der Waals surface area contributed by atoms with Gasteiger partial charge in [0.1, 0.15) is 5.82 Å². The fourth-order valence-electron chi connectivity index (χ4n) is 2.27. The average Bonchev–Trinajstić information content (AvgIpc) is 2.48. The van der Waals surface area contributed by atoms with E-state index < -0.39 is 10.0 Å². The molecule has 0 spiro atoms. The van der Waals surface area contributed by atoms with E-state index in [4.69, 9.17) is 11.6 Å². The minimum absolute atomic E-state index is 0.178. The maximum atomic E-state index is 12.2. The number of anilines is 1. The summed E-state index contributed by atoms with van der Waals surface area (Å²) in [6.45, 7) is 3.64. The number of nitrogens with zero attached hydrogens (tertiary/aromatic N) is 3. The molecule has 9 heteroatoms. The molecule has 1 N–H and O–H groups in total. The SMILES string of the molecule is C[C@@H](C(=O)Nc1ccc(Cl)cn1)N1CCN(S(C)(=O)=O)CC1. The Hall–Kier alpha value is -1.22. The second-order valence-corrected chi connectivity index (χ2v) is 7.64. The van der Waals surface area contributed by atoms with E-state index >= 15 is 0 Å². The number of hydrogen-bond donors (Lipinski definition) is 1. The van der Waals surface area contributed by atoms with E-state index in [2.05, 4.69) is 10.3 Å². The van der Waals surface area contributed by atoms with Crippen molar-refractivity contribution in [2.45, 2.75) is 13.0 Å². The van der Waals surface area contributed by atoms with Gasteiger partial charge in [-0.25, -0.2) is 13.4 Å². The minimum atomic E-state index is -3.16. The lowest BCUT2D eigenvalue weighted by atomic mass is 10.2. The number of amides is 1. The summed E-state index contributed by atoms with van der Waals surface area (Å²) in [5.74, 6) is 0.263. The number of rotatable bonds is 4. The quantitative estimate of drug-likeness (QED) is 0.865. The average molecular weight is 347 g/mol. The van der Waals surface area contributed by atoms with Crippen molar-refractivity contribution in [3.05, 3.63) is 23.4 Å². The van der Waals surface area contributed by atoms with Gasteiger partial charge in [-0.1, -0.05) is 11.6 Å². The first-order valence-corrected chi connectivity index (χ1v) is 9.11. The van der Waals surface area contributed by atoms with Crippen LogP contribution < -0.4 is 5.32 Å². The Morgan fingerprint density at radius 1 is 1.32 bits per heavy atom. The summed E-state index contributed by atoms with van der Waals surface area (Å²) in [6.07, 6.45) is 2.66. The van der Waals surface area contributed by atoms with Gasteiger partial charge in [0.15, 0.2) is 0 Å². The summed E-state index contributed by atoms with van der Waals surface area (Å²) in [6, 6.07) is 2.92. The maximum absolute atomic E-state index is 12.2. The number of hydrogen-bond acceptors (Lipinski definition) is 5. The summed E-state index contributed by atoms with van der Waals surface area (Å²) in [5.41, 5.74) is 0. The lowest BCUT2D eigenvalue weighted by molar-refractivity contribution is -0.121. The van der Waals surface area contributed by atoms with Crippen LogP contribution in [0.4, 0.5) is 5.82 Å². The second-order valence-electron chi connectivity index (χ2n) is 5.22. The first-order chi connectivity index (χ1) is 10.3. The molecule has 2 heterocycles. The van der Waals surface area contributed by atoms with Crippen LogP contribution in [0.2, 0.25) is 5.02 Å². The molecule has 1 saturated heterocycles. The van der Waals surface area contributed by atoms with E-state index in [9.17, 15) is 13.2 Å². The third-order valence-electron chi connectivity index (χ3n) is 3.65. The topological polar surface area (TPSA) is 82.6 Å². The highest BCUT2D eigenvalue weighted by Gasteiger charge is 2.28. The molecular formula is C13H19ClN4O3S. The van der Waals surface area contributed by atoms with Crippen molar-refractivity contribution < 1.29 is 13.2 Å². The monoisotopic (exact) mass is 346 g/mol. The Morgan fingerprint density at radius 2 is 1.95 bits per heavy atom. The zero-order valence-electron chi connectivity index (χ0n) is 12.5. The number of carbonyl (C=O) groups is 1. The molecule has 1 atom stereocenters. The van der Waals surface area contributed by atoms with Gasteiger partial charge in [0.2, 0.25) is 15.9 Å². The van der Waals surface area contributed by atoms with Gasteiger partial charge in [0.05, 0.1) is 17.3 Å². The largest absolute Gasteiger partial charge is 0.309 e. The van der Waals surface area contributed by atoms with Crippen LogP contribution in [-0.4, -0.2) is 67.0 Å². The van der Waals surface area contributed by atoms with Gasteiger partial charge in [-0.15, -0.1) is 0 Å². The molecule has 1 amide bonds. The molecule has 0 aromatic carbocycles. The number of sulfonamides is 1. The highest BCUT2D eigenvalue weighted by molar-refractivity contribution is 7.88. The molecule has 1 fully saturated rings. The highest BCUT2D eigenvalue weighted by atomic mass is 35.5. The van der Waals surface area contributed by atoms with Gasteiger partial charge < -0.3 is 5.32 Å². The molecule has 1 aromatic rings. The number of aromatic nitrogens is 1. The molecule has 2 rings (SSSR count). The lowest BCUT2D eigenvalue weighted by Gasteiger charge is -2.36. The Labute approximate surface area is 135 Å². The summed E-state index contributed by atoms with van der Waals surface area (Å²) in [4.78, 5) is 18.2. The van der Waals surface area contributed by atoms with Crippen molar-refractivity contribution in [3.63, 3.8) is 0 Å². The predicted octanol–water partition coefficient (Wildman–Crippen LogP) is 0.639. The van der Waals surface area contributed by atoms with Crippen molar-refractivity contribution in [2.75, 3.05) is 37.8 Å². The van der Waals surface area contributed by atoms with E-state index in [-0.39, 0.29) is 11.9 Å². The maximum Gasteiger partial charge on any atom is 0.242 e. The predicted molar refractivity (Wildman–Crippen MR) is 85.3 cm³/mol. The Morgan fingerprint density at radius 3 is 2.45 bits per heavy atom. The molecule has 0 unspecified atom stereocenters. The van der Waals surface area contributed by atoms with E-state index in [0.29, 0.717) is 37.0 Å². The van der Waals surface area contributed by atoms with Crippen molar-refractivity contribution >= 4 is 33.3 Å². The van der Waals surface area contributed by atoms with Gasteiger partial charge >= 0.3 is 0 Å². The molecule has 0 aliphatic carbocycles. The van der Waals surface area contributed by atoms with Crippen LogP contribution in [0, 0.1) is 0 Å². The van der Waals surface area contributed by atoms with Crippen LogP contribution in [0.15, 0.2) is 18.3 Å².